The zero-order valence-corrected chi connectivity index (χ0v) is 17.3. The first kappa shape index (κ1) is 17.6. The van der Waals surface area contributed by atoms with Gasteiger partial charge in [-0.25, -0.2) is 0 Å². The van der Waals surface area contributed by atoms with Crippen molar-refractivity contribution in [3.8, 4) is 0 Å². The van der Waals surface area contributed by atoms with Crippen molar-refractivity contribution in [2.45, 2.75) is 41.5 Å². The molecule has 2 rings (SSSR count). The van der Waals surface area contributed by atoms with E-state index in [4.69, 9.17) is 0 Å². The van der Waals surface area contributed by atoms with Crippen LogP contribution in [0.3, 0.4) is 0 Å². The van der Waals surface area contributed by atoms with Crippen LogP contribution < -0.4 is 4.81 Å². The maximum absolute atomic E-state index is 3.73. The predicted molar refractivity (Wildman–Crippen MR) is 107 cm³/mol. The fourth-order valence-corrected chi connectivity index (χ4v) is 4.23. The van der Waals surface area contributed by atoms with Crippen LogP contribution in [0.25, 0.3) is 0 Å². The summed E-state index contributed by atoms with van der Waals surface area (Å²) < 4.78 is 0.0419. The molecule has 116 valence electrons. The van der Waals surface area contributed by atoms with Gasteiger partial charge in [0.1, 0.15) is 0 Å². The topological polar surface area (TPSA) is 3.24 Å². The molecule has 1 nitrogen and oxygen atoms in total. The second-order valence-corrected chi connectivity index (χ2v) is 9.11. The number of hydrogen-bond acceptors (Lipinski definition) is 1. The van der Waals surface area contributed by atoms with Gasteiger partial charge in [0.15, 0.2) is 0 Å². The summed E-state index contributed by atoms with van der Waals surface area (Å²) in [5.74, 6) is 0. The third-order valence-corrected chi connectivity index (χ3v) is 4.77. The summed E-state index contributed by atoms with van der Waals surface area (Å²) in [6, 6.07) is 8.99. The Morgan fingerprint density at radius 2 is 0.909 bits per heavy atom. The van der Waals surface area contributed by atoms with Crippen LogP contribution in [0.2, 0.25) is 0 Å². The molecule has 0 fully saturated rings. The summed E-state index contributed by atoms with van der Waals surface area (Å²) in [5.41, 5.74) is 10.3. The van der Waals surface area contributed by atoms with E-state index in [-0.39, 0.29) is 4.50 Å². The molecular weight excluding hydrogens is 401 g/mol. The Labute approximate surface area is 151 Å². The van der Waals surface area contributed by atoms with Crippen molar-refractivity contribution in [1.82, 2.24) is 0 Å². The van der Waals surface area contributed by atoms with E-state index in [0.29, 0.717) is 0 Å². The maximum atomic E-state index is 3.73. The third-order valence-electron chi connectivity index (χ3n) is 3.95. The maximum Gasteiger partial charge on any atom is 0.415 e. The number of benzene rings is 2. The minimum Gasteiger partial charge on any atom is -0.365 e. The van der Waals surface area contributed by atoms with Crippen molar-refractivity contribution < 1.29 is 0 Å². The Balaban J connectivity index is 2.73. The summed E-state index contributed by atoms with van der Waals surface area (Å²) in [6.45, 7) is 13.0. The van der Waals surface area contributed by atoms with Crippen LogP contribution in [0.1, 0.15) is 33.4 Å². The van der Waals surface area contributed by atoms with Crippen molar-refractivity contribution >= 4 is 47.4 Å². The highest BCUT2D eigenvalue weighted by Gasteiger charge is 2.25. The third kappa shape index (κ3) is 3.43. The molecule has 0 bridgehead atoms. The number of aryl methyl sites for hydroxylation is 6. The lowest BCUT2D eigenvalue weighted by Gasteiger charge is -2.32. The first-order valence-electron chi connectivity index (χ1n) is 7.45. The molecule has 0 heterocycles. The van der Waals surface area contributed by atoms with Crippen molar-refractivity contribution in [3.63, 3.8) is 0 Å². The molecule has 0 radical (unpaired) electrons. The Kier molecular flexibility index (Phi) is 5.44. The van der Waals surface area contributed by atoms with E-state index in [1.807, 2.05) is 0 Å². The van der Waals surface area contributed by atoms with E-state index < -0.39 is 0 Å². The van der Waals surface area contributed by atoms with Gasteiger partial charge in [0.2, 0.25) is 0 Å². The lowest BCUT2D eigenvalue weighted by molar-refractivity contribution is 1.22. The highest BCUT2D eigenvalue weighted by Crippen LogP contribution is 2.39. The number of nitrogens with zero attached hydrogens (tertiary/aromatic N) is 1. The molecule has 22 heavy (non-hydrogen) atoms. The molecule has 0 aliphatic heterocycles. The normalized spacial score (nSPS) is 10.7. The fraction of sp³-hybridized carbons (Fsp3) is 0.333. The molecule has 0 saturated heterocycles. The van der Waals surface area contributed by atoms with E-state index in [1.165, 1.54) is 44.8 Å². The zero-order valence-electron chi connectivity index (χ0n) is 14.1. The fourth-order valence-electron chi connectivity index (χ4n) is 3.41. The molecule has 0 atom stereocenters. The van der Waals surface area contributed by atoms with Crippen molar-refractivity contribution in [3.05, 3.63) is 57.6 Å². The van der Waals surface area contributed by atoms with Gasteiger partial charge in [0, 0.05) is 11.4 Å². The van der Waals surface area contributed by atoms with Crippen LogP contribution in [0.4, 0.5) is 11.4 Å². The summed E-state index contributed by atoms with van der Waals surface area (Å²) in [6.07, 6.45) is 0. The average molecular weight is 423 g/mol. The summed E-state index contributed by atoms with van der Waals surface area (Å²) in [5, 5.41) is 0. The zero-order chi connectivity index (χ0) is 16.6. The molecule has 0 aliphatic carbocycles. The van der Waals surface area contributed by atoms with Crippen LogP contribution in [-0.2, 0) is 0 Å². The first-order valence-corrected chi connectivity index (χ1v) is 9.28. The minimum atomic E-state index is 0.0419. The molecule has 0 saturated carbocycles. The summed E-state index contributed by atoms with van der Waals surface area (Å²) in [4.78, 5) is 2.34. The highest BCUT2D eigenvalue weighted by atomic mass is 79.9. The predicted octanol–water partition coefficient (Wildman–Crippen LogP) is 6.45. The number of halogens is 2. The van der Waals surface area contributed by atoms with E-state index in [9.17, 15) is 0 Å². The van der Waals surface area contributed by atoms with Crippen molar-refractivity contribution in [2.24, 2.45) is 0 Å². The molecule has 0 aromatic heterocycles. The lowest BCUT2D eigenvalue weighted by Crippen LogP contribution is -2.28. The number of anilines is 2. The lowest BCUT2D eigenvalue weighted by atomic mass is 9.97. The van der Waals surface area contributed by atoms with Crippen molar-refractivity contribution in [2.75, 3.05) is 4.81 Å². The standard InChI is InChI=1S/C18H22BBr2N/c1-11-7-13(3)17(14(4)8-11)22(19(20)21)18-15(5)9-12(2)10-16(18)6/h7-10H,1-6H3. The quantitative estimate of drug-likeness (QED) is 0.513. The van der Waals surface area contributed by atoms with Crippen LogP contribution in [0.5, 0.6) is 0 Å². The van der Waals surface area contributed by atoms with E-state index in [2.05, 4.69) is 102 Å². The molecule has 0 N–H and O–H groups in total. The largest absolute Gasteiger partial charge is 0.415 e. The molecule has 0 unspecified atom stereocenters. The molecule has 0 spiro atoms. The van der Waals surface area contributed by atoms with Gasteiger partial charge in [0.25, 0.3) is 0 Å². The molecule has 2 aromatic carbocycles. The summed E-state index contributed by atoms with van der Waals surface area (Å²) in [7, 11) is 0. The van der Waals surface area contributed by atoms with Gasteiger partial charge >= 0.3 is 4.50 Å². The number of rotatable bonds is 3. The van der Waals surface area contributed by atoms with Gasteiger partial charge in [-0.2, -0.15) is 0 Å². The van der Waals surface area contributed by atoms with E-state index in [0.717, 1.165) is 0 Å². The van der Waals surface area contributed by atoms with Gasteiger partial charge in [-0.05, 0) is 63.8 Å². The second-order valence-electron chi connectivity index (χ2n) is 6.14. The Bertz CT molecular complexity index is 607. The summed E-state index contributed by atoms with van der Waals surface area (Å²) >= 11 is 7.46. The van der Waals surface area contributed by atoms with Crippen LogP contribution in [0.15, 0.2) is 24.3 Å². The van der Waals surface area contributed by atoms with Gasteiger partial charge in [-0.15, -0.1) is 31.5 Å². The SMILES string of the molecule is Cc1cc(C)c(N(B(Br)Br)c2c(C)cc(C)cc2C)c(C)c1. The monoisotopic (exact) mass is 421 g/mol. The van der Waals surface area contributed by atoms with Gasteiger partial charge in [0.05, 0.1) is 0 Å². The van der Waals surface area contributed by atoms with Gasteiger partial charge in [-0.1, -0.05) is 35.4 Å². The van der Waals surface area contributed by atoms with Crippen LogP contribution >= 0.6 is 31.5 Å². The Morgan fingerprint density at radius 3 is 1.14 bits per heavy atom. The molecule has 0 aliphatic rings. The van der Waals surface area contributed by atoms with Crippen LogP contribution in [-0.4, -0.2) is 4.50 Å². The smallest absolute Gasteiger partial charge is 0.365 e. The first-order chi connectivity index (χ1) is 10.2. The van der Waals surface area contributed by atoms with E-state index in [1.54, 1.807) is 0 Å². The molecular formula is C18H22BBr2N. The second kappa shape index (κ2) is 6.80. The minimum absolute atomic E-state index is 0.0419. The number of hydrogen-bond donors (Lipinski definition) is 0. The van der Waals surface area contributed by atoms with E-state index >= 15 is 0 Å². The Hall–Kier alpha value is -0.735. The van der Waals surface area contributed by atoms with Gasteiger partial charge in [-0.3, -0.25) is 0 Å². The Morgan fingerprint density at radius 1 is 0.636 bits per heavy atom. The van der Waals surface area contributed by atoms with Crippen LogP contribution in [0, 0.1) is 41.5 Å². The molecule has 2 aromatic rings. The van der Waals surface area contributed by atoms with Crippen molar-refractivity contribution in [1.29, 1.82) is 0 Å². The molecule has 4 heteroatoms. The van der Waals surface area contributed by atoms with Gasteiger partial charge < -0.3 is 4.81 Å². The average Bonchev–Trinajstić information content (AvgIpc) is 2.34. The highest BCUT2D eigenvalue weighted by molar-refractivity contribution is 9.49. The molecule has 0 amide bonds.